The van der Waals surface area contributed by atoms with Gasteiger partial charge in [-0.25, -0.2) is 0 Å². The van der Waals surface area contributed by atoms with Gasteiger partial charge in [-0.3, -0.25) is 4.79 Å². The minimum atomic E-state index is -0.0557. The molecule has 7 heteroatoms. The number of halogens is 1. The van der Waals surface area contributed by atoms with E-state index < -0.39 is 0 Å². The Balaban J connectivity index is 1.62. The van der Waals surface area contributed by atoms with E-state index in [9.17, 15) is 4.79 Å². The lowest BCUT2D eigenvalue weighted by molar-refractivity contribution is -0.123. The van der Waals surface area contributed by atoms with Gasteiger partial charge in [0.25, 0.3) is 0 Å². The van der Waals surface area contributed by atoms with E-state index in [1.165, 1.54) is 24.1 Å². The van der Waals surface area contributed by atoms with Gasteiger partial charge in [-0.05, 0) is 36.1 Å². The summed E-state index contributed by atoms with van der Waals surface area (Å²) in [5, 5.41) is 15.4. The fourth-order valence-corrected chi connectivity index (χ4v) is 3.43. The summed E-state index contributed by atoms with van der Waals surface area (Å²) in [6.07, 6.45) is 4.68. The van der Waals surface area contributed by atoms with Crippen LogP contribution in [0.1, 0.15) is 32.6 Å². The molecule has 3 rings (SSSR count). The third kappa shape index (κ3) is 3.96. The molecule has 2 atom stereocenters. The van der Waals surface area contributed by atoms with Crippen LogP contribution in [0.2, 0.25) is 0 Å². The number of nitrogens with zero attached hydrogens (tertiary/aromatic N) is 4. The van der Waals surface area contributed by atoms with Crippen LogP contribution in [0.5, 0.6) is 0 Å². The summed E-state index contributed by atoms with van der Waals surface area (Å²) < 4.78 is 0.903. The zero-order chi connectivity index (χ0) is 16.2. The standard InChI is InChI=1S/C16H20BrN5O/c1-11-6-2-5-9-14(11)18-15(23)10-22-20-16(19-21-22)12-7-3-4-8-13(12)17/h3-4,7-8,11,14H,2,5-6,9-10H2,1H3,(H,18,23)/t11-,14-/m1/s1. The maximum atomic E-state index is 12.2. The zero-order valence-corrected chi connectivity index (χ0v) is 14.7. The molecule has 0 spiro atoms. The summed E-state index contributed by atoms with van der Waals surface area (Å²) in [6.45, 7) is 2.30. The predicted octanol–water partition coefficient (Wildman–Crippen LogP) is 2.80. The Labute approximate surface area is 143 Å². The Morgan fingerprint density at radius 1 is 1.35 bits per heavy atom. The molecule has 1 aromatic carbocycles. The van der Waals surface area contributed by atoms with Gasteiger partial charge in [0.2, 0.25) is 11.7 Å². The van der Waals surface area contributed by atoms with Gasteiger partial charge in [0.1, 0.15) is 6.54 Å². The number of benzene rings is 1. The number of tetrazole rings is 1. The van der Waals surface area contributed by atoms with Crippen LogP contribution < -0.4 is 5.32 Å². The van der Waals surface area contributed by atoms with E-state index >= 15 is 0 Å². The number of amides is 1. The molecule has 122 valence electrons. The number of rotatable bonds is 4. The van der Waals surface area contributed by atoms with Gasteiger partial charge in [0, 0.05) is 16.1 Å². The van der Waals surface area contributed by atoms with Crippen LogP contribution in [0.4, 0.5) is 0 Å². The lowest BCUT2D eigenvalue weighted by atomic mass is 9.86. The van der Waals surface area contributed by atoms with Crippen molar-refractivity contribution in [2.45, 2.75) is 45.2 Å². The number of nitrogens with one attached hydrogen (secondary N) is 1. The van der Waals surface area contributed by atoms with Gasteiger partial charge in [-0.15, -0.1) is 10.2 Å². The van der Waals surface area contributed by atoms with Gasteiger partial charge < -0.3 is 5.32 Å². The van der Waals surface area contributed by atoms with E-state index in [1.54, 1.807) is 0 Å². The van der Waals surface area contributed by atoms with Crippen molar-refractivity contribution < 1.29 is 4.79 Å². The molecule has 1 fully saturated rings. The van der Waals surface area contributed by atoms with E-state index in [4.69, 9.17) is 0 Å². The fourth-order valence-electron chi connectivity index (χ4n) is 2.97. The highest BCUT2D eigenvalue weighted by Crippen LogP contribution is 2.25. The van der Waals surface area contributed by atoms with Crippen molar-refractivity contribution in [3.63, 3.8) is 0 Å². The number of hydrogen-bond donors (Lipinski definition) is 1. The van der Waals surface area contributed by atoms with Crippen molar-refractivity contribution in [1.29, 1.82) is 0 Å². The summed E-state index contributed by atoms with van der Waals surface area (Å²) in [4.78, 5) is 13.5. The highest BCUT2D eigenvalue weighted by atomic mass is 79.9. The molecule has 2 aromatic rings. The third-order valence-electron chi connectivity index (χ3n) is 4.31. The minimum absolute atomic E-state index is 0.0557. The van der Waals surface area contributed by atoms with Crippen molar-refractivity contribution in [3.05, 3.63) is 28.7 Å². The third-order valence-corrected chi connectivity index (χ3v) is 5.00. The lowest BCUT2D eigenvalue weighted by Crippen LogP contribution is -2.42. The van der Waals surface area contributed by atoms with Crippen LogP contribution in [-0.2, 0) is 11.3 Å². The van der Waals surface area contributed by atoms with Crippen molar-refractivity contribution >= 4 is 21.8 Å². The number of carbonyl (C=O) groups is 1. The number of hydrogen-bond acceptors (Lipinski definition) is 4. The fraction of sp³-hybridized carbons (Fsp3) is 0.500. The second kappa shape index (κ2) is 7.21. The Bertz CT molecular complexity index is 687. The van der Waals surface area contributed by atoms with Crippen molar-refractivity contribution in [1.82, 2.24) is 25.5 Å². The Morgan fingerprint density at radius 3 is 2.91 bits per heavy atom. The van der Waals surface area contributed by atoms with Gasteiger partial charge in [-0.2, -0.15) is 4.80 Å². The SMILES string of the molecule is C[C@@H]1CCCC[C@H]1NC(=O)Cn1nnc(-c2ccccc2Br)n1. The molecule has 1 aliphatic carbocycles. The zero-order valence-electron chi connectivity index (χ0n) is 13.1. The molecule has 0 radical (unpaired) electrons. The van der Waals surface area contributed by atoms with Crippen LogP contribution in [0, 0.1) is 5.92 Å². The summed E-state index contributed by atoms with van der Waals surface area (Å²) >= 11 is 3.47. The summed E-state index contributed by atoms with van der Waals surface area (Å²) in [5.41, 5.74) is 0.861. The summed E-state index contributed by atoms with van der Waals surface area (Å²) in [5.74, 6) is 0.989. The molecular formula is C16H20BrN5O. The van der Waals surface area contributed by atoms with Gasteiger partial charge in [-0.1, -0.05) is 47.8 Å². The van der Waals surface area contributed by atoms with Gasteiger partial charge in [0.15, 0.2) is 0 Å². The average Bonchev–Trinajstić information content (AvgIpc) is 2.98. The van der Waals surface area contributed by atoms with Crippen LogP contribution in [0.25, 0.3) is 11.4 Å². The Morgan fingerprint density at radius 2 is 2.13 bits per heavy atom. The molecule has 0 saturated heterocycles. The van der Waals surface area contributed by atoms with Crippen LogP contribution in [0.3, 0.4) is 0 Å². The Hall–Kier alpha value is -1.76. The van der Waals surface area contributed by atoms with Crippen LogP contribution >= 0.6 is 15.9 Å². The molecule has 1 aliphatic rings. The quantitative estimate of drug-likeness (QED) is 0.888. The highest BCUT2D eigenvalue weighted by molar-refractivity contribution is 9.10. The Kier molecular flexibility index (Phi) is 5.05. The van der Waals surface area contributed by atoms with E-state index in [0.29, 0.717) is 11.7 Å². The van der Waals surface area contributed by atoms with E-state index in [1.807, 2.05) is 24.3 Å². The summed E-state index contributed by atoms with van der Waals surface area (Å²) in [7, 11) is 0. The largest absolute Gasteiger partial charge is 0.351 e. The van der Waals surface area contributed by atoms with Crippen LogP contribution in [0.15, 0.2) is 28.7 Å². The predicted molar refractivity (Wildman–Crippen MR) is 90.5 cm³/mol. The normalized spacial score (nSPS) is 21.1. The van der Waals surface area contributed by atoms with Gasteiger partial charge >= 0.3 is 0 Å². The number of aromatic nitrogens is 4. The molecule has 1 amide bonds. The summed E-state index contributed by atoms with van der Waals surface area (Å²) in [6, 6.07) is 7.94. The molecule has 1 N–H and O–H groups in total. The van der Waals surface area contributed by atoms with E-state index in [2.05, 4.69) is 43.6 Å². The first-order chi connectivity index (χ1) is 11.1. The monoisotopic (exact) mass is 377 g/mol. The minimum Gasteiger partial charge on any atom is -0.351 e. The maximum Gasteiger partial charge on any atom is 0.243 e. The molecule has 6 nitrogen and oxygen atoms in total. The van der Waals surface area contributed by atoms with Crippen molar-refractivity contribution in [2.75, 3.05) is 0 Å². The molecular weight excluding hydrogens is 358 g/mol. The molecule has 1 heterocycles. The molecule has 1 aromatic heterocycles. The lowest BCUT2D eigenvalue weighted by Gasteiger charge is -2.29. The smallest absolute Gasteiger partial charge is 0.243 e. The van der Waals surface area contributed by atoms with Crippen molar-refractivity contribution in [3.8, 4) is 11.4 Å². The average molecular weight is 378 g/mol. The second-order valence-corrected chi connectivity index (χ2v) is 6.91. The highest BCUT2D eigenvalue weighted by Gasteiger charge is 2.23. The van der Waals surface area contributed by atoms with Crippen LogP contribution in [-0.4, -0.2) is 32.2 Å². The topological polar surface area (TPSA) is 72.7 Å². The van der Waals surface area contributed by atoms with Crippen molar-refractivity contribution in [2.24, 2.45) is 5.92 Å². The maximum absolute atomic E-state index is 12.2. The first kappa shape index (κ1) is 16.1. The van der Waals surface area contributed by atoms with E-state index in [0.717, 1.165) is 16.5 Å². The van der Waals surface area contributed by atoms with E-state index in [-0.39, 0.29) is 18.5 Å². The van der Waals surface area contributed by atoms with Gasteiger partial charge in [0.05, 0.1) is 0 Å². The molecule has 0 unspecified atom stereocenters. The molecule has 1 saturated carbocycles. The molecule has 0 bridgehead atoms. The first-order valence-corrected chi connectivity index (χ1v) is 8.75. The first-order valence-electron chi connectivity index (χ1n) is 7.95. The number of carbonyl (C=O) groups excluding carboxylic acids is 1. The molecule has 0 aliphatic heterocycles. The molecule has 23 heavy (non-hydrogen) atoms. The second-order valence-electron chi connectivity index (χ2n) is 6.06.